The predicted octanol–water partition coefficient (Wildman–Crippen LogP) is 2.55. The third kappa shape index (κ3) is 5.44. The molecule has 0 spiro atoms. The fraction of sp³-hybridized carbons (Fsp3) is 0.273. The van der Waals surface area contributed by atoms with E-state index in [1.54, 1.807) is 26.0 Å². The number of guanidine groups is 1. The monoisotopic (exact) mass is 409 g/mol. The van der Waals surface area contributed by atoms with Crippen molar-refractivity contribution < 1.29 is 14.2 Å². The van der Waals surface area contributed by atoms with Crippen molar-refractivity contribution in [2.75, 3.05) is 27.9 Å². The largest absolute Gasteiger partial charge is 0.497 e. The first kappa shape index (κ1) is 21.0. The lowest BCUT2D eigenvalue weighted by Gasteiger charge is -2.10. The van der Waals surface area contributed by atoms with Crippen molar-refractivity contribution in [2.45, 2.75) is 13.0 Å². The summed E-state index contributed by atoms with van der Waals surface area (Å²) < 4.78 is 17.6. The van der Waals surface area contributed by atoms with Crippen LogP contribution in [-0.2, 0) is 13.0 Å². The van der Waals surface area contributed by atoms with E-state index in [1.165, 1.54) is 0 Å². The summed E-state index contributed by atoms with van der Waals surface area (Å²) in [5.41, 5.74) is 8.88. The first-order valence-corrected chi connectivity index (χ1v) is 9.56. The minimum atomic E-state index is 0.384. The molecule has 0 saturated heterocycles. The quantitative estimate of drug-likeness (QED) is 0.417. The fourth-order valence-electron chi connectivity index (χ4n) is 2.92. The highest BCUT2D eigenvalue weighted by Gasteiger charge is 2.05. The number of nitrogens with one attached hydrogen (secondary N) is 1. The van der Waals surface area contributed by atoms with Crippen molar-refractivity contribution in [1.82, 2.24) is 15.1 Å². The maximum atomic E-state index is 5.98. The van der Waals surface area contributed by atoms with Crippen LogP contribution in [0.25, 0.3) is 5.69 Å². The number of ether oxygens (including phenoxy) is 3. The number of nitrogens with zero attached hydrogens (tertiary/aromatic N) is 3. The summed E-state index contributed by atoms with van der Waals surface area (Å²) in [6.45, 7) is 1.06. The molecule has 2 aromatic carbocycles. The van der Waals surface area contributed by atoms with E-state index in [0.717, 1.165) is 29.1 Å². The van der Waals surface area contributed by atoms with Crippen molar-refractivity contribution in [3.8, 4) is 22.9 Å². The van der Waals surface area contributed by atoms with Crippen molar-refractivity contribution in [2.24, 2.45) is 10.7 Å². The maximum absolute atomic E-state index is 5.98. The molecule has 3 N–H and O–H groups in total. The second kappa shape index (κ2) is 10.2. The number of aromatic nitrogens is 2. The van der Waals surface area contributed by atoms with Crippen LogP contribution >= 0.6 is 0 Å². The number of hydrogen-bond donors (Lipinski definition) is 2. The van der Waals surface area contributed by atoms with Gasteiger partial charge in [-0.15, -0.1) is 0 Å². The molecule has 0 unspecified atom stereocenters. The number of aliphatic imine (C=N–C) groups is 1. The molecule has 0 amide bonds. The Hall–Kier alpha value is -3.68. The summed E-state index contributed by atoms with van der Waals surface area (Å²) in [5.74, 6) is 2.62. The van der Waals surface area contributed by atoms with Crippen LogP contribution in [0, 0.1) is 0 Å². The van der Waals surface area contributed by atoms with Gasteiger partial charge >= 0.3 is 0 Å². The lowest BCUT2D eigenvalue weighted by atomic mass is 10.1. The lowest BCUT2D eigenvalue weighted by Crippen LogP contribution is -2.33. The van der Waals surface area contributed by atoms with Crippen LogP contribution in [0.3, 0.4) is 0 Å². The molecule has 8 nitrogen and oxygen atoms in total. The van der Waals surface area contributed by atoms with Crippen molar-refractivity contribution in [3.05, 3.63) is 66.0 Å². The van der Waals surface area contributed by atoms with E-state index in [9.17, 15) is 0 Å². The molecule has 0 fully saturated rings. The van der Waals surface area contributed by atoms with Crippen molar-refractivity contribution in [3.63, 3.8) is 0 Å². The van der Waals surface area contributed by atoms with Crippen molar-refractivity contribution in [1.29, 1.82) is 0 Å². The minimum absolute atomic E-state index is 0.384. The Morgan fingerprint density at radius 1 is 1.00 bits per heavy atom. The number of rotatable bonds is 9. The van der Waals surface area contributed by atoms with Gasteiger partial charge < -0.3 is 25.3 Å². The number of benzene rings is 2. The molecule has 158 valence electrons. The van der Waals surface area contributed by atoms with Crippen LogP contribution in [0.1, 0.15) is 11.3 Å². The number of methoxy groups -OCH3 is 3. The zero-order chi connectivity index (χ0) is 21.3. The van der Waals surface area contributed by atoms with Gasteiger partial charge in [0, 0.05) is 12.7 Å². The molecule has 30 heavy (non-hydrogen) atoms. The van der Waals surface area contributed by atoms with Crippen LogP contribution in [0.4, 0.5) is 0 Å². The standard InChI is InChI=1S/C22H27N5O3/c1-28-19-7-5-18(6-8-19)27-13-11-17(26-27)15-25-22(23)24-12-10-16-4-9-20(29-2)21(14-16)30-3/h4-9,11,13-14H,10,12,15H2,1-3H3,(H3,23,24,25). The van der Waals surface area contributed by atoms with E-state index in [1.807, 2.05) is 54.7 Å². The summed E-state index contributed by atoms with van der Waals surface area (Å²) in [6.07, 6.45) is 2.68. The Balaban J connectivity index is 1.50. The second-order valence-electron chi connectivity index (χ2n) is 6.52. The average Bonchev–Trinajstić information content (AvgIpc) is 3.26. The normalized spacial score (nSPS) is 11.2. The molecule has 1 heterocycles. The molecule has 3 rings (SSSR count). The van der Waals surface area contributed by atoms with Gasteiger partial charge in [-0.25, -0.2) is 9.67 Å². The molecule has 0 aliphatic rings. The van der Waals surface area contributed by atoms with E-state index in [4.69, 9.17) is 19.9 Å². The van der Waals surface area contributed by atoms with Gasteiger partial charge in [0.2, 0.25) is 0 Å². The SMILES string of the molecule is COc1ccc(-n2ccc(CN=C(N)NCCc3ccc(OC)c(OC)c3)n2)cc1. The topological polar surface area (TPSA) is 95.9 Å². The Morgan fingerprint density at radius 3 is 2.47 bits per heavy atom. The van der Waals surface area contributed by atoms with Crippen LogP contribution < -0.4 is 25.3 Å². The van der Waals surface area contributed by atoms with Gasteiger partial charge in [0.15, 0.2) is 17.5 Å². The molecule has 0 bridgehead atoms. The Kier molecular flexibility index (Phi) is 7.15. The molecule has 0 aliphatic carbocycles. The molecular weight excluding hydrogens is 382 g/mol. The second-order valence-corrected chi connectivity index (χ2v) is 6.52. The van der Waals surface area contributed by atoms with Gasteiger partial charge in [0.05, 0.1) is 39.3 Å². The zero-order valence-electron chi connectivity index (χ0n) is 17.5. The fourth-order valence-corrected chi connectivity index (χ4v) is 2.92. The first-order valence-electron chi connectivity index (χ1n) is 9.56. The van der Waals surface area contributed by atoms with E-state index in [2.05, 4.69) is 15.4 Å². The molecule has 0 radical (unpaired) electrons. The molecule has 3 aromatic rings. The summed E-state index contributed by atoms with van der Waals surface area (Å²) in [7, 11) is 4.89. The number of hydrogen-bond acceptors (Lipinski definition) is 5. The van der Waals surface area contributed by atoms with Crippen LogP contribution in [0.5, 0.6) is 17.2 Å². The highest BCUT2D eigenvalue weighted by molar-refractivity contribution is 5.77. The molecule has 1 aromatic heterocycles. The van der Waals surface area contributed by atoms with Crippen molar-refractivity contribution >= 4 is 5.96 Å². The lowest BCUT2D eigenvalue weighted by molar-refractivity contribution is 0.354. The summed E-state index contributed by atoms with van der Waals surface area (Å²) in [6, 6.07) is 15.5. The molecule has 0 atom stereocenters. The Bertz CT molecular complexity index is 983. The predicted molar refractivity (Wildman–Crippen MR) is 117 cm³/mol. The molecule has 0 aliphatic heterocycles. The molecular formula is C22H27N5O3. The number of nitrogens with two attached hydrogens (primary N) is 1. The highest BCUT2D eigenvalue weighted by Crippen LogP contribution is 2.27. The third-order valence-electron chi connectivity index (χ3n) is 4.56. The summed E-state index contributed by atoms with van der Waals surface area (Å²) in [4.78, 5) is 4.36. The molecule has 0 saturated carbocycles. The smallest absolute Gasteiger partial charge is 0.188 e. The maximum Gasteiger partial charge on any atom is 0.188 e. The summed E-state index contributed by atoms with van der Waals surface area (Å²) >= 11 is 0. The van der Waals surface area contributed by atoms with Gasteiger partial charge in [0.1, 0.15) is 5.75 Å². The first-order chi connectivity index (χ1) is 14.6. The minimum Gasteiger partial charge on any atom is -0.497 e. The van der Waals surface area contributed by atoms with Crippen LogP contribution in [0.2, 0.25) is 0 Å². The van der Waals surface area contributed by atoms with Gasteiger partial charge in [0.25, 0.3) is 0 Å². The Morgan fingerprint density at radius 2 is 1.77 bits per heavy atom. The van der Waals surface area contributed by atoms with Gasteiger partial charge in [-0.2, -0.15) is 5.10 Å². The molecule has 8 heteroatoms. The van der Waals surface area contributed by atoms with E-state index >= 15 is 0 Å². The average molecular weight is 409 g/mol. The van der Waals surface area contributed by atoms with Gasteiger partial charge in [-0.1, -0.05) is 6.07 Å². The van der Waals surface area contributed by atoms with Crippen LogP contribution in [-0.4, -0.2) is 43.6 Å². The van der Waals surface area contributed by atoms with E-state index in [-0.39, 0.29) is 0 Å². The Labute approximate surface area is 176 Å². The zero-order valence-corrected chi connectivity index (χ0v) is 17.5. The van der Waals surface area contributed by atoms with E-state index < -0.39 is 0 Å². The van der Waals surface area contributed by atoms with Gasteiger partial charge in [-0.05, 0) is 54.4 Å². The third-order valence-corrected chi connectivity index (χ3v) is 4.56. The van der Waals surface area contributed by atoms with E-state index in [0.29, 0.717) is 30.5 Å². The van der Waals surface area contributed by atoms with Crippen LogP contribution in [0.15, 0.2) is 59.7 Å². The highest BCUT2D eigenvalue weighted by atomic mass is 16.5. The van der Waals surface area contributed by atoms with Gasteiger partial charge in [-0.3, -0.25) is 0 Å². The summed E-state index contributed by atoms with van der Waals surface area (Å²) in [5, 5.41) is 7.66.